The maximum Gasteiger partial charge on any atom is 0.248 e. The van der Waals surface area contributed by atoms with E-state index in [2.05, 4.69) is 10.3 Å². The monoisotopic (exact) mass is 419 g/mol. The Morgan fingerprint density at radius 2 is 2.10 bits per heavy atom. The van der Waals surface area contributed by atoms with Gasteiger partial charge in [-0.3, -0.25) is 4.79 Å². The number of nitrogens with zero attached hydrogens (tertiary/aromatic N) is 2. The smallest absolute Gasteiger partial charge is 0.248 e. The van der Waals surface area contributed by atoms with Crippen LogP contribution in [0.4, 0.5) is 5.69 Å². The van der Waals surface area contributed by atoms with E-state index >= 15 is 0 Å². The Kier molecular flexibility index (Phi) is 5.81. The number of carbonyl (C=O) groups excluding carboxylic acids is 1. The second-order valence-electron chi connectivity index (χ2n) is 6.62. The minimum atomic E-state index is -0.211. The molecule has 3 heterocycles. The molecule has 0 aliphatic rings. The largest absolute Gasteiger partial charge is 0.493 e. The van der Waals surface area contributed by atoms with E-state index in [1.807, 2.05) is 54.0 Å². The molecule has 4 rings (SSSR count). The summed E-state index contributed by atoms with van der Waals surface area (Å²) in [5.41, 5.74) is 2.28. The maximum atomic E-state index is 12.3. The molecule has 1 N–H and O–H groups in total. The Balaban J connectivity index is 1.44. The van der Waals surface area contributed by atoms with Crippen LogP contribution in [-0.4, -0.2) is 22.4 Å². The summed E-state index contributed by atoms with van der Waals surface area (Å²) in [6.45, 7) is 2.32. The summed E-state index contributed by atoms with van der Waals surface area (Å²) < 4.78 is 13.3. The number of methoxy groups -OCH3 is 1. The summed E-state index contributed by atoms with van der Waals surface area (Å²) in [4.78, 5) is 19.0. The van der Waals surface area contributed by atoms with Gasteiger partial charge in [0.25, 0.3) is 0 Å². The first-order chi connectivity index (χ1) is 14.6. The van der Waals surface area contributed by atoms with Gasteiger partial charge in [0.1, 0.15) is 12.3 Å². The van der Waals surface area contributed by atoms with Crippen LogP contribution in [0.3, 0.4) is 0 Å². The number of rotatable bonds is 7. The number of carbonyl (C=O) groups is 1. The Labute approximate surface area is 178 Å². The number of hydrogen-bond donors (Lipinski definition) is 1. The SMILES string of the molecule is COc1ccc(NC(=O)/C=C/c2ccc(C)s2)cc1OCc1cn2ccccc2n1. The number of pyridine rings is 1. The van der Waals surface area contributed by atoms with E-state index in [9.17, 15) is 4.79 Å². The molecular formula is C23H21N3O3S. The second-order valence-corrected chi connectivity index (χ2v) is 7.94. The summed E-state index contributed by atoms with van der Waals surface area (Å²) in [6, 6.07) is 15.1. The third-order valence-electron chi connectivity index (χ3n) is 4.38. The molecule has 152 valence electrons. The van der Waals surface area contributed by atoms with Gasteiger partial charge in [0.15, 0.2) is 11.5 Å². The Morgan fingerprint density at radius 3 is 2.87 bits per heavy atom. The lowest BCUT2D eigenvalue weighted by atomic mass is 10.2. The molecule has 0 saturated heterocycles. The number of ether oxygens (including phenoxy) is 2. The molecule has 0 spiro atoms. The number of hydrogen-bond acceptors (Lipinski definition) is 5. The fourth-order valence-corrected chi connectivity index (χ4v) is 3.74. The van der Waals surface area contributed by atoms with E-state index in [4.69, 9.17) is 9.47 Å². The number of nitrogens with one attached hydrogen (secondary N) is 1. The quantitative estimate of drug-likeness (QED) is 0.431. The summed E-state index contributed by atoms with van der Waals surface area (Å²) in [5.74, 6) is 0.907. The zero-order valence-corrected chi connectivity index (χ0v) is 17.5. The first-order valence-corrected chi connectivity index (χ1v) is 10.2. The summed E-state index contributed by atoms with van der Waals surface area (Å²) >= 11 is 1.64. The number of aromatic nitrogens is 2. The highest BCUT2D eigenvalue weighted by Crippen LogP contribution is 2.31. The van der Waals surface area contributed by atoms with Gasteiger partial charge in [0, 0.05) is 40.0 Å². The van der Waals surface area contributed by atoms with E-state index in [0.29, 0.717) is 17.2 Å². The van der Waals surface area contributed by atoms with E-state index in [0.717, 1.165) is 16.2 Å². The van der Waals surface area contributed by atoms with Crippen molar-refractivity contribution in [3.8, 4) is 11.5 Å². The minimum Gasteiger partial charge on any atom is -0.493 e. The molecule has 0 radical (unpaired) electrons. The van der Waals surface area contributed by atoms with E-state index < -0.39 is 0 Å². The van der Waals surface area contributed by atoms with Crippen molar-refractivity contribution in [1.29, 1.82) is 0 Å². The highest BCUT2D eigenvalue weighted by molar-refractivity contribution is 7.12. The van der Waals surface area contributed by atoms with E-state index in [-0.39, 0.29) is 12.5 Å². The lowest BCUT2D eigenvalue weighted by Crippen LogP contribution is -2.08. The number of aryl methyl sites for hydroxylation is 1. The fourth-order valence-electron chi connectivity index (χ4n) is 2.96. The van der Waals surface area contributed by atoms with Gasteiger partial charge < -0.3 is 19.2 Å². The molecule has 0 saturated carbocycles. The van der Waals surface area contributed by atoms with Crippen LogP contribution in [0.15, 0.2) is 67.0 Å². The predicted molar refractivity (Wildman–Crippen MR) is 119 cm³/mol. The first-order valence-electron chi connectivity index (χ1n) is 9.40. The van der Waals surface area contributed by atoms with E-state index in [1.165, 1.54) is 11.0 Å². The molecule has 3 aromatic heterocycles. The van der Waals surface area contributed by atoms with E-state index in [1.54, 1.807) is 42.7 Å². The third kappa shape index (κ3) is 4.69. The standard InChI is InChI=1S/C23H21N3O3S/c1-16-6-8-19(30-16)9-11-23(27)25-17-7-10-20(28-2)21(13-17)29-15-18-14-26-12-4-3-5-22(26)24-18/h3-14H,15H2,1-2H3,(H,25,27)/b11-9+. The maximum absolute atomic E-state index is 12.3. The number of fused-ring (bicyclic) bond motifs is 1. The molecule has 0 aliphatic heterocycles. The van der Waals surface area contributed by atoms with Gasteiger partial charge in [0.2, 0.25) is 5.91 Å². The van der Waals surface area contributed by atoms with Gasteiger partial charge in [0.05, 0.1) is 12.8 Å². The molecule has 0 aliphatic carbocycles. The molecule has 0 fully saturated rings. The van der Waals surface area contributed by atoms with Crippen LogP contribution in [0.1, 0.15) is 15.4 Å². The van der Waals surface area contributed by atoms with Crippen molar-refractivity contribution in [2.75, 3.05) is 12.4 Å². The minimum absolute atomic E-state index is 0.211. The lowest BCUT2D eigenvalue weighted by Gasteiger charge is -2.12. The lowest BCUT2D eigenvalue weighted by molar-refractivity contribution is -0.111. The molecule has 1 amide bonds. The van der Waals surface area contributed by atoms with Crippen LogP contribution in [0, 0.1) is 6.92 Å². The van der Waals surface area contributed by atoms with Gasteiger partial charge in [-0.05, 0) is 49.4 Å². The molecule has 7 heteroatoms. The topological polar surface area (TPSA) is 64.9 Å². The van der Waals surface area contributed by atoms with Crippen molar-refractivity contribution < 1.29 is 14.3 Å². The van der Waals surface area contributed by atoms with Crippen LogP contribution >= 0.6 is 11.3 Å². The van der Waals surface area contributed by atoms with Crippen LogP contribution in [0.2, 0.25) is 0 Å². The molecule has 4 aromatic rings. The number of benzene rings is 1. The van der Waals surface area contributed by atoms with Crippen LogP contribution in [0.25, 0.3) is 11.7 Å². The highest BCUT2D eigenvalue weighted by atomic mass is 32.1. The van der Waals surface area contributed by atoms with Crippen molar-refractivity contribution in [3.63, 3.8) is 0 Å². The van der Waals surface area contributed by atoms with Gasteiger partial charge in [-0.1, -0.05) is 6.07 Å². The second kappa shape index (κ2) is 8.84. The molecule has 0 atom stereocenters. The fraction of sp³-hybridized carbons (Fsp3) is 0.130. The molecule has 6 nitrogen and oxygen atoms in total. The van der Waals surface area contributed by atoms with Crippen molar-refractivity contribution in [1.82, 2.24) is 9.38 Å². The van der Waals surface area contributed by atoms with Crippen molar-refractivity contribution in [2.45, 2.75) is 13.5 Å². The van der Waals surface area contributed by atoms with Crippen molar-refractivity contribution in [2.24, 2.45) is 0 Å². The van der Waals surface area contributed by atoms with Crippen LogP contribution in [0.5, 0.6) is 11.5 Å². The number of imidazole rings is 1. The van der Waals surface area contributed by atoms with Crippen LogP contribution < -0.4 is 14.8 Å². The Hall–Kier alpha value is -3.58. The van der Waals surface area contributed by atoms with Gasteiger partial charge >= 0.3 is 0 Å². The number of thiophene rings is 1. The van der Waals surface area contributed by atoms with Crippen molar-refractivity contribution in [3.05, 3.63) is 82.4 Å². The molecule has 1 aromatic carbocycles. The van der Waals surface area contributed by atoms with Gasteiger partial charge in [-0.2, -0.15) is 0 Å². The molecule has 0 unspecified atom stereocenters. The summed E-state index contributed by atoms with van der Waals surface area (Å²) in [6.07, 6.45) is 7.18. The van der Waals surface area contributed by atoms with Crippen molar-refractivity contribution >= 4 is 34.7 Å². The Bertz CT molecular complexity index is 1180. The zero-order valence-electron chi connectivity index (χ0n) is 16.7. The average Bonchev–Trinajstić information content (AvgIpc) is 3.36. The molecule has 0 bridgehead atoms. The molecular weight excluding hydrogens is 398 g/mol. The third-order valence-corrected chi connectivity index (χ3v) is 5.35. The summed E-state index contributed by atoms with van der Waals surface area (Å²) in [5, 5.41) is 2.85. The molecule has 30 heavy (non-hydrogen) atoms. The summed E-state index contributed by atoms with van der Waals surface area (Å²) in [7, 11) is 1.58. The average molecular weight is 420 g/mol. The van der Waals surface area contributed by atoms with Gasteiger partial charge in [-0.25, -0.2) is 4.98 Å². The number of anilines is 1. The Morgan fingerprint density at radius 1 is 1.20 bits per heavy atom. The van der Waals surface area contributed by atoms with Crippen LogP contribution in [-0.2, 0) is 11.4 Å². The number of amides is 1. The van der Waals surface area contributed by atoms with Gasteiger partial charge in [-0.15, -0.1) is 11.3 Å². The zero-order chi connectivity index (χ0) is 20.9. The first kappa shape index (κ1) is 19.7. The highest BCUT2D eigenvalue weighted by Gasteiger charge is 2.09. The normalized spacial score (nSPS) is 11.1. The predicted octanol–water partition coefficient (Wildman–Crippen LogP) is 4.94.